The second-order valence-electron chi connectivity index (χ2n) is 1.09. The van der Waals surface area contributed by atoms with Crippen LogP contribution in [0.1, 0.15) is 13.8 Å². The first-order valence-corrected chi connectivity index (χ1v) is 3.82. The average Bonchev–Trinajstić information content (AvgIpc) is 1.41. The number of aliphatic hydroxyl groups is 1. The largest absolute Gasteiger partial charge is 1.59 e. The quantitative estimate of drug-likeness (QED) is 0.466. The predicted molar refractivity (Wildman–Crippen MR) is 29.0 cm³/mol. The van der Waals surface area contributed by atoms with Gasteiger partial charge < -0.3 is 5.11 Å². The van der Waals surface area contributed by atoms with Gasteiger partial charge in [0.2, 0.25) is 0 Å². The zero-order chi connectivity index (χ0) is 5.58. The van der Waals surface area contributed by atoms with Gasteiger partial charge in [-0.05, 0) is 13.8 Å². The molecule has 0 aromatic heterocycles. The van der Waals surface area contributed by atoms with Crippen molar-refractivity contribution in [1.82, 2.24) is 0 Å². The Balaban J connectivity index is 0. The van der Waals surface area contributed by atoms with Crippen LogP contribution >= 0.6 is 9.07 Å². The van der Waals surface area contributed by atoms with Gasteiger partial charge in [-0.25, -0.2) is 0 Å². The molecule has 33 valence electrons. The zero-order valence-electron chi connectivity index (χ0n) is 4.11. The van der Waals surface area contributed by atoms with Crippen LogP contribution in [-0.2, 0) is 0 Å². The van der Waals surface area contributed by atoms with Gasteiger partial charge >= 0.3 is 29.7 Å². The Hall–Kier alpha value is 1.02. The van der Waals surface area contributed by atoms with Gasteiger partial charge in [0, 0.05) is 6.10 Å². The van der Waals surface area contributed by atoms with Crippen molar-refractivity contribution < 1.29 is 5.11 Å². The Morgan fingerprint density at radius 1 is 1.50 bits per heavy atom. The molecular weight excluding hydrogens is 112 g/mol. The number of rotatable bonds is 0. The summed E-state index contributed by atoms with van der Waals surface area (Å²) in [6.45, 7) is 3.44. The fourth-order valence-corrected chi connectivity index (χ4v) is 0. The minimum atomic E-state index is -0.167. The van der Waals surface area contributed by atoms with E-state index in [1.165, 1.54) is 20.6 Å². The molecule has 6 heavy (non-hydrogen) atoms. The van der Waals surface area contributed by atoms with Crippen LogP contribution in [0, 0.1) is 0 Å². The van der Waals surface area contributed by atoms with Gasteiger partial charge in [-0.15, -0.1) is 0 Å². The maximum atomic E-state index is 8.06. The van der Waals surface area contributed by atoms with Gasteiger partial charge in [-0.2, -0.15) is 0 Å². The normalized spacial score (nSPS) is 7.00. The van der Waals surface area contributed by atoms with Crippen molar-refractivity contribution in [3.05, 3.63) is 0 Å². The molecule has 0 fully saturated rings. The molecule has 1 N–H and O–H groups in total. The first-order chi connectivity index (χ1) is 2.73. The second kappa shape index (κ2) is 9.39. The fourth-order valence-electron chi connectivity index (χ4n) is 0. The standard InChI is InChI=1S/C3H8O.ClH.Mg/c1-3(2)4;;/h3-4H,1-2H3;1H;/q;;+3/p-1. The average molecular weight is 120 g/mol. The van der Waals surface area contributed by atoms with E-state index in [4.69, 9.17) is 5.11 Å². The van der Waals surface area contributed by atoms with Crippen molar-refractivity contribution in [1.29, 1.82) is 0 Å². The fraction of sp³-hybridized carbons (Fsp3) is 1.00. The van der Waals surface area contributed by atoms with Crippen molar-refractivity contribution >= 4 is 29.7 Å². The van der Waals surface area contributed by atoms with E-state index >= 15 is 0 Å². The van der Waals surface area contributed by atoms with Gasteiger partial charge in [0.1, 0.15) is 0 Å². The highest BCUT2D eigenvalue weighted by Crippen LogP contribution is 1.65. The first kappa shape index (κ1) is 10.1. The Labute approximate surface area is 54.9 Å². The van der Waals surface area contributed by atoms with E-state index in [0.717, 1.165) is 0 Å². The van der Waals surface area contributed by atoms with E-state index in [1.54, 1.807) is 13.8 Å². The van der Waals surface area contributed by atoms with E-state index < -0.39 is 0 Å². The molecule has 3 heteroatoms. The summed E-state index contributed by atoms with van der Waals surface area (Å²) in [5, 5.41) is 8.06. The summed E-state index contributed by atoms with van der Waals surface area (Å²) in [7, 11) is 4.67. The Morgan fingerprint density at radius 3 is 1.50 bits per heavy atom. The third kappa shape index (κ3) is 78.3. The molecule has 0 aliphatic heterocycles. The van der Waals surface area contributed by atoms with Gasteiger partial charge in [-0.3, -0.25) is 0 Å². The van der Waals surface area contributed by atoms with Crippen LogP contribution in [0.4, 0.5) is 0 Å². The molecule has 0 amide bonds. The lowest BCUT2D eigenvalue weighted by Gasteiger charge is -1.80. The number of aliphatic hydroxyl groups excluding tert-OH is 1. The molecule has 0 unspecified atom stereocenters. The van der Waals surface area contributed by atoms with Crippen LogP contribution in [0.5, 0.6) is 0 Å². The minimum Gasteiger partial charge on any atom is -0.394 e. The van der Waals surface area contributed by atoms with Crippen molar-refractivity contribution in [3.8, 4) is 0 Å². The molecule has 0 aliphatic carbocycles. The van der Waals surface area contributed by atoms with Gasteiger partial charge in [0.05, 0.1) is 0 Å². The maximum absolute atomic E-state index is 8.06. The second-order valence-corrected chi connectivity index (χ2v) is 1.09. The summed E-state index contributed by atoms with van der Waals surface area (Å²) in [5.41, 5.74) is 0. The first-order valence-electron chi connectivity index (χ1n) is 1.68. The third-order valence-electron chi connectivity index (χ3n) is 0. The van der Waals surface area contributed by atoms with Crippen LogP contribution in [-0.4, -0.2) is 31.8 Å². The van der Waals surface area contributed by atoms with Crippen molar-refractivity contribution in [2.75, 3.05) is 0 Å². The Bertz CT molecular complexity index is 15.5. The molecule has 0 saturated heterocycles. The number of hydrogen-bond acceptors (Lipinski definition) is 1. The monoisotopic (exact) mass is 119 g/mol. The summed E-state index contributed by atoms with van der Waals surface area (Å²) >= 11 is 1.33. The van der Waals surface area contributed by atoms with Crippen LogP contribution in [0.15, 0.2) is 0 Å². The predicted octanol–water partition coefficient (Wildman–Crippen LogP) is 0.696. The van der Waals surface area contributed by atoms with Crippen LogP contribution in [0.2, 0.25) is 0 Å². The van der Waals surface area contributed by atoms with Gasteiger partial charge in [-0.1, -0.05) is 0 Å². The van der Waals surface area contributed by atoms with Gasteiger partial charge in [0.25, 0.3) is 0 Å². The molecule has 0 spiro atoms. The minimum absolute atomic E-state index is 0.167. The summed E-state index contributed by atoms with van der Waals surface area (Å²) in [5.74, 6) is 0. The van der Waals surface area contributed by atoms with Crippen LogP contribution in [0.3, 0.4) is 0 Å². The Kier molecular flexibility index (Phi) is 15.8. The SMILES string of the molecule is CC(C)O.[Mg+2][Cl]. The molecule has 0 aromatic rings. The summed E-state index contributed by atoms with van der Waals surface area (Å²) in [4.78, 5) is 0. The van der Waals surface area contributed by atoms with E-state index in [2.05, 4.69) is 9.07 Å². The maximum Gasteiger partial charge on any atom is 1.59 e. The molecule has 0 aliphatic rings. The molecule has 1 nitrogen and oxygen atoms in total. The van der Waals surface area contributed by atoms with Crippen LogP contribution < -0.4 is 0 Å². The number of hydrogen-bond donors (Lipinski definition) is 1. The van der Waals surface area contributed by atoms with E-state index in [-0.39, 0.29) is 6.10 Å². The molecule has 0 saturated carbocycles. The lowest BCUT2D eigenvalue weighted by Crippen LogP contribution is -1.85. The molecule has 0 rings (SSSR count). The van der Waals surface area contributed by atoms with Crippen LogP contribution in [0.25, 0.3) is 0 Å². The van der Waals surface area contributed by atoms with E-state index in [9.17, 15) is 0 Å². The molecule has 0 atom stereocenters. The van der Waals surface area contributed by atoms with Crippen molar-refractivity contribution in [2.24, 2.45) is 0 Å². The lowest BCUT2D eigenvalue weighted by molar-refractivity contribution is 0.216. The molecule has 7 radical (unpaired) electrons. The number of halogens is 1. The lowest BCUT2D eigenvalue weighted by atomic mass is 10.5. The zero-order valence-corrected chi connectivity index (χ0v) is 6.28. The van der Waals surface area contributed by atoms with E-state index in [0.29, 0.717) is 0 Å². The summed E-state index contributed by atoms with van der Waals surface area (Å²) < 4.78 is 0. The third-order valence-corrected chi connectivity index (χ3v) is 0. The molecule has 0 aromatic carbocycles. The highest BCUT2D eigenvalue weighted by Gasteiger charge is 2.16. The Morgan fingerprint density at radius 2 is 1.50 bits per heavy atom. The highest BCUT2D eigenvalue weighted by atomic mass is 35.5. The van der Waals surface area contributed by atoms with Crippen molar-refractivity contribution in [2.45, 2.75) is 20.0 Å². The summed E-state index contributed by atoms with van der Waals surface area (Å²) in [6.07, 6.45) is -0.167. The van der Waals surface area contributed by atoms with Crippen molar-refractivity contribution in [3.63, 3.8) is 0 Å². The topological polar surface area (TPSA) is 20.2 Å². The molecular formula is C3H8ClMgO+2. The van der Waals surface area contributed by atoms with Gasteiger partial charge in [0.15, 0.2) is 0 Å². The summed E-state index contributed by atoms with van der Waals surface area (Å²) in [6, 6.07) is 0. The molecule has 0 bridgehead atoms. The highest BCUT2D eigenvalue weighted by molar-refractivity contribution is 6.80. The van der Waals surface area contributed by atoms with E-state index in [1.807, 2.05) is 0 Å². The molecule has 0 heterocycles. The smallest absolute Gasteiger partial charge is 0.394 e.